The summed E-state index contributed by atoms with van der Waals surface area (Å²) in [5.74, 6) is 0. The summed E-state index contributed by atoms with van der Waals surface area (Å²) in [6, 6.07) is 10.6. The van der Waals surface area contributed by atoms with Gasteiger partial charge in [-0.3, -0.25) is 0 Å². The van der Waals surface area contributed by atoms with Crippen molar-refractivity contribution in [2.24, 2.45) is 0 Å². The van der Waals surface area contributed by atoms with Crippen LogP contribution in [0, 0.1) is 18.3 Å². The van der Waals surface area contributed by atoms with Crippen LogP contribution in [0.25, 0.3) is 0 Å². The number of nitrogens with zero attached hydrogens (tertiary/aromatic N) is 1. The topological polar surface area (TPSA) is 35.8 Å². The molecule has 0 aromatic heterocycles. The van der Waals surface area contributed by atoms with Crippen LogP contribution in [-0.2, 0) is 0 Å². The zero-order valence-electron chi connectivity index (χ0n) is 11.8. The summed E-state index contributed by atoms with van der Waals surface area (Å²) in [6.45, 7) is 6.25. The Balaban J connectivity index is 2.54. The number of aryl methyl sites for hydroxylation is 1. The third-order valence-electron chi connectivity index (χ3n) is 3.25. The molecule has 1 aromatic carbocycles. The molecule has 0 fully saturated rings. The third kappa shape index (κ3) is 4.79. The van der Waals surface area contributed by atoms with Crippen LogP contribution in [0.2, 0.25) is 0 Å². The van der Waals surface area contributed by atoms with Crippen LogP contribution in [0.1, 0.15) is 51.5 Å². The van der Waals surface area contributed by atoms with Gasteiger partial charge in [0.05, 0.1) is 6.07 Å². The van der Waals surface area contributed by atoms with Crippen molar-refractivity contribution in [3.05, 3.63) is 29.8 Å². The first-order valence-corrected chi connectivity index (χ1v) is 6.86. The van der Waals surface area contributed by atoms with Gasteiger partial charge in [0, 0.05) is 5.69 Å². The van der Waals surface area contributed by atoms with Crippen LogP contribution in [0.4, 0.5) is 5.69 Å². The van der Waals surface area contributed by atoms with E-state index in [1.165, 1.54) is 24.8 Å². The Bertz CT molecular complexity index is 389. The van der Waals surface area contributed by atoms with Crippen LogP contribution in [0.15, 0.2) is 24.3 Å². The molecule has 1 N–H and O–H groups in total. The van der Waals surface area contributed by atoms with E-state index in [4.69, 9.17) is 0 Å². The molecular weight excluding hydrogens is 220 g/mol. The minimum Gasteiger partial charge on any atom is -0.368 e. The van der Waals surface area contributed by atoms with E-state index in [2.05, 4.69) is 37.4 Å². The van der Waals surface area contributed by atoms with E-state index in [9.17, 15) is 5.26 Å². The molecule has 0 radical (unpaired) electrons. The van der Waals surface area contributed by atoms with Gasteiger partial charge >= 0.3 is 0 Å². The second kappa shape index (κ2) is 7.06. The van der Waals surface area contributed by atoms with Crippen molar-refractivity contribution in [3.63, 3.8) is 0 Å². The van der Waals surface area contributed by atoms with Crippen molar-refractivity contribution in [2.75, 3.05) is 5.32 Å². The van der Waals surface area contributed by atoms with Crippen molar-refractivity contribution in [2.45, 2.75) is 58.4 Å². The van der Waals surface area contributed by atoms with Gasteiger partial charge in [0.2, 0.25) is 0 Å². The number of nitrogens with one attached hydrogen (secondary N) is 1. The molecule has 0 spiro atoms. The smallest absolute Gasteiger partial charge is 0.122 e. The van der Waals surface area contributed by atoms with Gasteiger partial charge in [-0.2, -0.15) is 5.26 Å². The van der Waals surface area contributed by atoms with Crippen LogP contribution < -0.4 is 5.32 Å². The van der Waals surface area contributed by atoms with Gasteiger partial charge in [-0.05, 0) is 32.4 Å². The van der Waals surface area contributed by atoms with E-state index in [0.29, 0.717) is 0 Å². The molecule has 18 heavy (non-hydrogen) atoms. The highest BCUT2D eigenvalue weighted by Crippen LogP contribution is 2.21. The summed E-state index contributed by atoms with van der Waals surface area (Å²) < 4.78 is 0. The van der Waals surface area contributed by atoms with Crippen molar-refractivity contribution in [1.29, 1.82) is 5.26 Å². The molecule has 0 bridgehead atoms. The summed E-state index contributed by atoms with van der Waals surface area (Å²) in [5, 5.41) is 12.7. The molecule has 1 rings (SSSR count). The zero-order valence-corrected chi connectivity index (χ0v) is 11.8. The van der Waals surface area contributed by atoms with Gasteiger partial charge < -0.3 is 5.32 Å². The average molecular weight is 244 g/mol. The Kier molecular flexibility index (Phi) is 5.71. The minimum atomic E-state index is -0.455. The molecule has 2 heteroatoms. The largest absolute Gasteiger partial charge is 0.368 e. The molecule has 1 aromatic rings. The fraction of sp³-hybridized carbons (Fsp3) is 0.562. The molecule has 0 saturated carbocycles. The van der Waals surface area contributed by atoms with Crippen LogP contribution >= 0.6 is 0 Å². The lowest BCUT2D eigenvalue weighted by molar-refractivity contribution is 0.528. The summed E-state index contributed by atoms with van der Waals surface area (Å²) in [7, 11) is 0. The molecule has 2 nitrogen and oxygen atoms in total. The second-order valence-corrected chi connectivity index (χ2v) is 5.25. The van der Waals surface area contributed by atoms with Crippen LogP contribution in [-0.4, -0.2) is 5.54 Å². The highest BCUT2D eigenvalue weighted by atomic mass is 15.0. The number of hydrogen-bond donors (Lipinski definition) is 1. The number of nitriles is 1. The first-order valence-electron chi connectivity index (χ1n) is 6.86. The predicted molar refractivity (Wildman–Crippen MR) is 77.6 cm³/mol. The Hall–Kier alpha value is -1.49. The summed E-state index contributed by atoms with van der Waals surface area (Å²) in [5.41, 5.74) is 1.81. The number of unbranched alkanes of at least 4 members (excludes halogenated alkanes) is 3. The maximum absolute atomic E-state index is 9.35. The first kappa shape index (κ1) is 14.6. The molecule has 0 aliphatic heterocycles. The van der Waals surface area contributed by atoms with E-state index in [0.717, 1.165) is 18.5 Å². The van der Waals surface area contributed by atoms with E-state index < -0.39 is 5.54 Å². The highest BCUT2D eigenvalue weighted by molar-refractivity contribution is 5.48. The molecule has 0 aliphatic rings. The molecule has 0 amide bonds. The quantitative estimate of drug-likeness (QED) is 0.708. The van der Waals surface area contributed by atoms with Gasteiger partial charge in [0.15, 0.2) is 0 Å². The number of rotatable bonds is 7. The van der Waals surface area contributed by atoms with Gasteiger partial charge in [-0.1, -0.05) is 50.3 Å². The van der Waals surface area contributed by atoms with Gasteiger partial charge in [-0.25, -0.2) is 0 Å². The summed E-state index contributed by atoms with van der Waals surface area (Å²) in [6.07, 6.45) is 5.71. The maximum Gasteiger partial charge on any atom is 0.122 e. The monoisotopic (exact) mass is 244 g/mol. The van der Waals surface area contributed by atoms with E-state index in [1.54, 1.807) is 0 Å². The Labute approximate surface area is 111 Å². The maximum atomic E-state index is 9.35. The highest BCUT2D eigenvalue weighted by Gasteiger charge is 2.22. The van der Waals surface area contributed by atoms with Crippen molar-refractivity contribution >= 4 is 5.69 Å². The lowest BCUT2D eigenvalue weighted by atomic mass is 9.95. The SMILES string of the molecule is CCCCCCC(C)(C#N)Nc1ccc(C)cc1. The molecular formula is C16H24N2. The Morgan fingerprint density at radius 3 is 2.39 bits per heavy atom. The predicted octanol–water partition coefficient (Wildman–Crippen LogP) is 4.66. The second-order valence-electron chi connectivity index (χ2n) is 5.25. The minimum absolute atomic E-state index is 0.455. The number of anilines is 1. The van der Waals surface area contributed by atoms with E-state index >= 15 is 0 Å². The third-order valence-corrected chi connectivity index (χ3v) is 3.25. The van der Waals surface area contributed by atoms with Crippen molar-refractivity contribution < 1.29 is 0 Å². The lowest BCUT2D eigenvalue weighted by Crippen LogP contribution is -2.32. The van der Waals surface area contributed by atoms with Gasteiger partial charge in [0.1, 0.15) is 5.54 Å². The van der Waals surface area contributed by atoms with Gasteiger partial charge in [0.25, 0.3) is 0 Å². The first-order chi connectivity index (χ1) is 8.59. The number of hydrogen-bond acceptors (Lipinski definition) is 2. The fourth-order valence-electron chi connectivity index (χ4n) is 2.01. The summed E-state index contributed by atoms with van der Waals surface area (Å²) in [4.78, 5) is 0. The number of benzene rings is 1. The Morgan fingerprint density at radius 2 is 1.83 bits per heavy atom. The Morgan fingerprint density at radius 1 is 1.17 bits per heavy atom. The van der Waals surface area contributed by atoms with Crippen LogP contribution in [0.5, 0.6) is 0 Å². The standard InChI is InChI=1S/C16H24N2/c1-4-5-6-7-12-16(3,13-17)18-15-10-8-14(2)9-11-15/h8-11,18H,4-7,12H2,1-3H3. The molecule has 1 atom stereocenters. The average Bonchev–Trinajstić information content (AvgIpc) is 2.38. The van der Waals surface area contributed by atoms with Crippen molar-refractivity contribution in [3.8, 4) is 6.07 Å². The molecule has 0 saturated heterocycles. The van der Waals surface area contributed by atoms with E-state index in [-0.39, 0.29) is 0 Å². The zero-order chi connectivity index (χ0) is 13.4. The lowest BCUT2D eigenvalue weighted by Gasteiger charge is -2.24. The van der Waals surface area contributed by atoms with Gasteiger partial charge in [-0.15, -0.1) is 0 Å². The summed E-state index contributed by atoms with van der Waals surface area (Å²) >= 11 is 0. The molecule has 98 valence electrons. The molecule has 0 aliphatic carbocycles. The fourth-order valence-corrected chi connectivity index (χ4v) is 2.01. The van der Waals surface area contributed by atoms with E-state index in [1.807, 2.05) is 19.1 Å². The molecule has 1 unspecified atom stereocenters. The van der Waals surface area contributed by atoms with Crippen LogP contribution in [0.3, 0.4) is 0 Å². The van der Waals surface area contributed by atoms with Crippen molar-refractivity contribution in [1.82, 2.24) is 0 Å². The normalized spacial score (nSPS) is 13.7. The molecule has 0 heterocycles.